The number of carboxylic acid groups (broad SMARTS) is 1. The summed E-state index contributed by atoms with van der Waals surface area (Å²) < 4.78 is 3.65. The van der Waals surface area contributed by atoms with Crippen LogP contribution in [0.3, 0.4) is 0 Å². The van der Waals surface area contributed by atoms with Crippen molar-refractivity contribution in [1.29, 1.82) is 0 Å². The maximum Gasteiger partial charge on any atom is 0.349 e. The Morgan fingerprint density at radius 2 is 2.12 bits per heavy atom. The summed E-state index contributed by atoms with van der Waals surface area (Å²) in [7, 11) is 0. The Morgan fingerprint density at radius 3 is 2.81 bits per heavy atom. The van der Waals surface area contributed by atoms with Crippen molar-refractivity contribution in [3.05, 3.63) is 40.9 Å². The first-order valence-electron chi connectivity index (χ1n) is 4.50. The van der Waals surface area contributed by atoms with Gasteiger partial charge < -0.3 is 5.11 Å². The molecule has 1 aromatic carbocycles. The molecule has 0 saturated carbocycles. The molecule has 0 saturated heterocycles. The second-order valence-corrected chi connectivity index (χ2v) is 4.76. The third kappa shape index (κ3) is 2.59. The summed E-state index contributed by atoms with van der Waals surface area (Å²) in [6.45, 7) is 0. The lowest BCUT2D eigenvalue weighted by Crippen LogP contribution is -1.97. The first-order valence-corrected chi connectivity index (χ1v) is 6.25. The van der Waals surface area contributed by atoms with Crippen LogP contribution in [0, 0.1) is 0 Å². The molecule has 0 fully saturated rings. The molecule has 0 unspecified atom stereocenters. The molecule has 0 spiro atoms. The SMILES string of the molecule is O=C(O)c1snnc1CSc1ccccc1. The average Bonchev–Trinajstić information content (AvgIpc) is 2.76. The fourth-order valence-electron chi connectivity index (χ4n) is 1.13. The van der Waals surface area contributed by atoms with Crippen LogP contribution < -0.4 is 0 Å². The van der Waals surface area contributed by atoms with Gasteiger partial charge >= 0.3 is 5.97 Å². The molecule has 0 amide bonds. The molecule has 2 aromatic rings. The van der Waals surface area contributed by atoms with Crippen molar-refractivity contribution in [2.24, 2.45) is 0 Å². The quantitative estimate of drug-likeness (QED) is 0.847. The van der Waals surface area contributed by atoms with Crippen LogP contribution in [-0.4, -0.2) is 20.7 Å². The zero-order valence-corrected chi connectivity index (χ0v) is 9.79. The summed E-state index contributed by atoms with van der Waals surface area (Å²) in [5.74, 6) is -0.430. The van der Waals surface area contributed by atoms with Gasteiger partial charge in [0.1, 0.15) is 5.69 Å². The fourth-order valence-corrected chi connectivity index (χ4v) is 2.60. The van der Waals surface area contributed by atoms with Crippen LogP contribution in [0.1, 0.15) is 15.4 Å². The van der Waals surface area contributed by atoms with Gasteiger partial charge in [-0.05, 0) is 23.7 Å². The molecule has 0 aliphatic carbocycles. The standard InChI is InChI=1S/C10H8N2O2S2/c13-10(14)9-8(11-12-16-9)6-15-7-4-2-1-3-5-7/h1-5H,6H2,(H,13,14). The number of thioether (sulfide) groups is 1. The van der Waals surface area contributed by atoms with Crippen LogP contribution in [0.15, 0.2) is 35.2 Å². The van der Waals surface area contributed by atoms with Gasteiger partial charge in [0.05, 0.1) is 0 Å². The third-order valence-corrected chi connectivity index (χ3v) is 3.65. The maximum absolute atomic E-state index is 10.8. The Kier molecular flexibility index (Phi) is 3.53. The van der Waals surface area contributed by atoms with Crippen LogP contribution in [0.4, 0.5) is 0 Å². The molecule has 0 radical (unpaired) electrons. The molecule has 82 valence electrons. The summed E-state index contributed by atoms with van der Waals surface area (Å²) in [5, 5.41) is 12.7. The Labute approximate surface area is 100 Å². The van der Waals surface area contributed by atoms with E-state index in [2.05, 4.69) is 9.59 Å². The first kappa shape index (κ1) is 11.1. The smallest absolute Gasteiger partial charge is 0.349 e. The van der Waals surface area contributed by atoms with Crippen molar-refractivity contribution in [2.75, 3.05) is 0 Å². The third-order valence-electron chi connectivity index (χ3n) is 1.87. The highest BCUT2D eigenvalue weighted by atomic mass is 32.2. The summed E-state index contributed by atoms with van der Waals surface area (Å²) in [6, 6.07) is 9.78. The number of nitrogens with zero attached hydrogens (tertiary/aromatic N) is 2. The van der Waals surface area contributed by atoms with Crippen molar-refractivity contribution in [3.63, 3.8) is 0 Å². The van der Waals surface area contributed by atoms with E-state index < -0.39 is 5.97 Å². The number of aromatic carboxylic acids is 1. The zero-order valence-electron chi connectivity index (χ0n) is 8.16. The van der Waals surface area contributed by atoms with E-state index in [-0.39, 0.29) is 4.88 Å². The number of hydrogen-bond donors (Lipinski definition) is 1. The number of carboxylic acids is 1. The number of benzene rings is 1. The monoisotopic (exact) mass is 252 g/mol. The molecule has 0 bridgehead atoms. The van der Waals surface area contributed by atoms with Crippen LogP contribution in [0.2, 0.25) is 0 Å². The van der Waals surface area contributed by atoms with Gasteiger partial charge in [0.2, 0.25) is 0 Å². The maximum atomic E-state index is 10.8. The summed E-state index contributed by atoms with van der Waals surface area (Å²) in [5.41, 5.74) is 0.534. The van der Waals surface area contributed by atoms with Crippen molar-refractivity contribution in [1.82, 2.24) is 9.59 Å². The molecule has 1 heterocycles. The Balaban J connectivity index is 2.05. The van der Waals surface area contributed by atoms with Crippen LogP contribution in [0.25, 0.3) is 0 Å². The van der Waals surface area contributed by atoms with Crippen LogP contribution in [0.5, 0.6) is 0 Å². The lowest BCUT2D eigenvalue weighted by Gasteiger charge is -1.98. The molecule has 1 N–H and O–H groups in total. The zero-order chi connectivity index (χ0) is 11.4. The highest BCUT2D eigenvalue weighted by Gasteiger charge is 2.14. The van der Waals surface area contributed by atoms with E-state index in [0.717, 1.165) is 16.4 Å². The van der Waals surface area contributed by atoms with E-state index in [1.54, 1.807) is 11.8 Å². The molecular weight excluding hydrogens is 244 g/mol. The van der Waals surface area contributed by atoms with E-state index in [1.165, 1.54) is 0 Å². The minimum Gasteiger partial charge on any atom is -0.477 e. The molecule has 0 atom stereocenters. The molecule has 0 aliphatic heterocycles. The van der Waals surface area contributed by atoms with E-state index in [4.69, 9.17) is 5.11 Å². The van der Waals surface area contributed by atoms with Gasteiger partial charge in [0, 0.05) is 10.6 Å². The van der Waals surface area contributed by atoms with Crippen molar-refractivity contribution in [3.8, 4) is 0 Å². The van der Waals surface area contributed by atoms with E-state index >= 15 is 0 Å². The van der Waals surface area contributed by atoms with E-state index in [1.807, 2.05) is 30.3 Å². The summed E-state index contributed by atoms with van der Waals surface area (Å²) >= 11 is 2.47. The largest absolute Gasteiger partial charge is 0.477 e. The van der Waals surface area contributed by atoms with E-state index in [0.29, 0.717) is 11.4 Å². The second-order valence-electron chi connectivity index (χ2n) is 2.96. The molecule has 2 rings (SSSR count). The fraction of sp³-hybridized carbons (Fsp3) is 0.100. The topological polar surface area (TPSA) is 63.1 Å². The number of carbonyl (C=O) groups is 1. The summed E-state index contributed by atoms with van der Waals surface area (Å²) in [6.07, 6.45) is 0. The highest BCUT2D eigenvalue weighted by molar-refractivity contribution is 7.98. The Hall–Kier alpha value is -1.40. The van der Waals surface area contributed by atoms with Gasteiger partial charge in [-0.1, -0.05) is 22.7 Å². The van der Waals surface area contributed by atoms with Gasteiger partial charge in [-0.15, -0.1) is 16.9 Å². The molecule has 1 aromatic heterocycles. The minimum atomic E-state index is -0.960. The molecular formula is C10H8N2O2S2. The van der Waals surface area contributed by atoms with Crippen LogP contribution >= 0.6 is 23.3 Å². The predicted molar refractivity (Wildman–Crippen MR) is 62.9 cm³/mol. The molecule has 0 aliphatic rings. The van der Waals surface area contributed by atoms with Gasteiger partial charge in [-0.3, -0.25) is 0 Å². The summed E-state index contributed by atoms with van der Waals surface area (Å²) in [4.78, 5) is 12.1. The molecule has 16 heavy (non-hydrogen) atoms. The number of aromatic nitrogens is 2. The lowest BCUT2D eigenvalue weighted by atomic mass is 10.4. The van der Waals surface area contributed by atoms with Gasteiger partial charge in [0.25, 0.3) is 0 Å². The van der Waals surface area contributed by atoms with Gasteiger partial charge in [-0.2, -0.15) is 0 Å². The van der Waals surface area contributed by atoms with E-state index in [9.17, 15) is 4.79 Å². The van der Waals surface area contributed by atoms with Gasteiger partial charge in [0.15, 0.2) is 4.88 Å². The first-order chi connectivity index (χ1) is 7.77. The highest BCUT2D eigenvalue weighted by Crippen LogP contribution is 2.24. The normalized spacial score (nSPS) is 10.2. The number of rotatable bonds is 4. The Bertz CT molecular complexity index is 485. The number of hydrogen-bond acceptors (Lipinski definition) is 5. The predicted octanol–water partition coefficient (Wildman–Crippen LogP) is 2.53. The Morgan fingerprint density at radius 1 is 1.38 bits per heavy atom. The second kappa shape index (κ2) is 5.09. The van der Waals surface area contributed by atoms with Crippen molar-refractivity contribution in [2.45, 2.75) is 10.6 Å². The van der Waals surface area contributed by atoms with Crippen molar-refractivity contribution >= 4 is 29.3 Å². The average molecular weight is 252 g/mol. The minimum absolute atomic E-state index is 0.225. The lowest BCUT2D eigenvalue weighted by molar-refractivity contribution is 0.0701. The van der Waals surface area contributed by atoms with Crippen molar-refractivity contribution < 1.29 is 9.90 Å². The molecule has 6 heteroatoms. The van der Waals surface area contributed by atoms with Gasteiger partial charge in [-0.25, -0.2) is 4.79 Å². The molecule has 4 nitrogen and oxygen atoms in total. The van der Waals surface area contributed by atoms with Crippen LogP contribution in [-0.2, 0) is 5.75 Å².